The number of hydrogen-bond acceptors (Lipinski definition) is 1. The molecule has 0 aromatic heterocycles. The zero-order chi connectivity index (χ0) is 28.9. The maximum Gasteiger partial charge on any atom is 0.115 e. The average Bonchev–Trinajstić information content (AvgIpc) is 3.20. The summed E-state index contributed by atoms with van der Waals surface area (Å²) in [4.78, 5) is 0. The lowest BCUT2D eigenvalue weighted by molar-refractivity contribution is 0.00188. The molecule has 228 valence electrons. The quantitative estimate of drug-likeness (QED) is 0.230. The molecule has 9 atom stereocenters. The van der Waals surface area contributed by atoms with Gasteiger partial charge in [0, 0.05) is 0 Å². The van der Waals surface area contributed by atoms with E-state index in [2.05, 4.69) is 60.6 Å². The minimum absolute atomic E-state index is 0.467. The molecule has 3 aliphatic carbocycles. The second-order valence-corrected chi connectivity index (χ2v) is 16.2. The number of phenols is 1. The lowest BCUT2D eigenvalue weighted by atomic mass is 9.51. The first-order chi connectivity index (χ1) is 19.1. The largest absolute Gasteiger partial charge is 0.508 e. The van der Waals surface area contributed by atoms with E-state index in [0.717, 1.165) is 53.3 Å². The van der Waals surface area contributed by atoms with Crippen LogP contribution in [0.2, 0.25) is 0 Å². The molecule has 0 amide bonds. The minimum atomic E-state index is 0.467. The Balaban J connectivity index is 1.23. The van der Waals surface area contributed by atoms with Gasteiger partial charge in [0.15, 0.2) is 0 Å². The van der Waals surface area contributed by atoms with E-state index in [0.29, 0.717) is 11.2 Å². The van der Waals surface area contributed by atoms with Crippen molar-refractivity contribution in [3.63, 3.8) is 0 Å². The molecule has 0 saturated heterocycles. The van der Waals surface area contributed by atoms with Gasteiger partial charge in [0.25, 0.3) is 0 Å². The molecular weight excluding hydrogens is 484 g/mol. The van der Waals surface area contributed by atoms with Crippen LogP contribution < -0.4 is 0 Å². The van der Waals surface area contributed by atoms with Gasteiger partial charge in [0.05, 0.1) is 0 Å². The molecular formula is C39H66O. The highest BCUT2D eigenvalue weighted by Crippen LogP contribution is 2.64. The third-order valence-corrected chi connectivity index (χ3v) is 12.7. The molecule has 0 radical (unpaired) electrons. The van der Waals surface area contributed by atoms with Gasteiger partial charge in [0.2, 0.25) is 0 Å². The molecule has 4 rings (SSSR count). The van der Waals surface area contributed by atoms with Crippen molar-refractivity contribution < 1.29 is 5.11 Å². The van der Waals surface area contributed by atoms with Crippen molar-refractivity contribution in [3.8, 4) is 5.75 Å². The Kier molecular flexibility index (Phi) is 11.6. The average molecular weight is 551 g/mol. The monoisotopic (exact) mass is 551 g/mol. The number of rotatable bonds is 15. The van der Waals surface area contributed by atoms with Crippen LogP contribution in [0.1, 0.15) is 162 Å². The first-order valence-corrected chi connectivity index (χ1v) is 17.9. The summed E-state index contributed by atoms with van der Waals surface area (Å²) >= 11 is 0. The zero-order valence-corrected chi connectivity index (χ0v) is 27.7. The van der Waals surface area contributed by atoms with Crippen LogP contribution in [0.5, 0.6) is 5.75 Å². The fourth-order valence-electron chi connectivity index (χ4n) is 9.76. The maximum atomic E-state index is 10.3. The number of fused-ring (bicyclic) bond motifs is 5. The maximum absolute atomic E-state index is 10.3. The van der Waals surface area contributed by atoms with Crippen molar-refractivity contribution in [3.05, 3.63) is 29.3 Å². The van der Waals surface area contributed by atoms with E-state index in [9.17, 15) is 5.11 Å². The summed E-state index contributed by atoms with van der Waals surface area (Å²) in [6.07, 6.45) is 22.4. The van der Waals surface area contributed by atoms with Crippen LogP contribution in [0.15, 0.2) is 18.2 Å². The topological polar surface area (TPSA) is 20.2 Å². The second kappa shape index (κ2) is 14.5. The fraction of sp³-hybridized carbons (Fsp3) is 0.846. The van der Waals surface area contributed by atoms with Crippen molar-refractivity contribution >= 4 is 0 Å². The standard InChI is InChI=1S/C39H66O/c1-27(2)11-8-12-28(3)13-9-14-29(4)15-10-16-30(5)17-19-32-25-33-26-34(40)20-21-35(33)36-23-24-39(7)31(6)18-22-37(39)38(32)36/h20-21,26-32,36-38,40H,8-19,22-25H2,1-7H3/t28-,29-,30+,31+,32-,36?,37?,38?,39-/m1/s1. The van der Waals surface area contributed by atoms with Crippen LogP contribution in [0.4, 0.5) is 0 Å². The Morgan fingerprint density at radius 2 is 1.40 bits per heavy atom. The highest BCUT2D eigenvalue weighted by atomic mass is 16.3. The first-order valence-electron chi connectivity index (χ1n) is 17.9. The van der Waals surface area contributed by atoms with Gasteiger partial charge in [-0.1, -0.05) is 119 Å². The van der Waals surface area contributed by atoms with E-state index >= 15 is 0 Å². The predicted octanol–water partition coefficient (Wildman–Crippen LogP) is 12.0. The highest BCUT2D eigenvalue weighted by Gasteiger charge is 2.55. The van der Waals surface area contributed by atoms with E-state index in [4.69, 9.17) is 0 Å². The third-order valence-electron chi connectivity index (χ3n) is 12.7. The Labute approximate surface area is 249 Å². The van der Waals surface area contributed by atoms with Crippen molar-refractivity contribution in [1.82, 2.24) is 0 Å². The summed E-state index contributed by atoms with van der Waals surface area (Å²) in [6.45, 7) is 17.4. The fourth-order valence-corrected chi connectivity index (χ4v) is 9.76. The van der Waals surface area contributed by atoms with Crippen LogP contribution in [0.3, 0.4) is 0 Å². The number of aromatic hydroxyl groups is 1. The molecule has 1 N–H and O–H groups in total. The van der Waals surface area contributed by atoms with Gasteiger partial charge in [-0.2, -0.15) is 0 Å². The second-order valence-electron chi connectivity index (χ2n) is 16.2. The van der Waals surface area contributed by atoms with E-state index in [1.54, 1.807) is 5.56 Å². The molecule has 1 aromatic carbocycles. The number of hydrogen-bond donors (Lipinski definition) is 1. The van der Waals surface area contributed by atoms with Crippen LogP contribution >= 0.6 is 0 Å². The molecule has 2 fully saturated rings. The van der Waals surface area contributed by atoms with Crippen LogP contribution in [-0.2, 0) is 6.42 Å². The Morgan fingerprint density at radius 1 is 0.800 bits per heavy atom. The van der Waals surface area contributed by atoms with Crippen molar-refractivity contribution in [2.75, 3.05) is 0 Å². The molecule has 0 spiro atoms. The van der Waals surface area contributed by atoms with E-state index < -0.39 is 0 Å². The van der Waals surface area contributed by atoms with Gasteiger partial charge in [0.1, 0.15) is 5.75 Å². The Morgan fingerprint density at radius 3 is 2.02 bits per heavy atom. The summed E-state index contributed by atoms with van der Waals surface area (Å²) < 4.78 is 0. The molecule has 0 aliphatic heterocycles. The van der Waals surface area contributed by atoms with Gasteiger partial charge in [-0.3, -0.25) is 0 Å². The molecule has 1 aromatic rings. The molecule has 0 bridgehead atoms. The zero-order valence-electron chi connectivity index (χ0n) is 27.7. The first kappa shape index (κ1) is 31.9. The summed E-state index contributed by atoms with van der Waals surface area (Å²) in [5, 5.41) is 10.3. The van der Waals surface area contributed by atoms with Crippen LogP contribution in [0, 0.1) is 52.8 Å². The smallest absolute Gasteiger partial charge is 0.115 e. The van der Waals surface area contributed by atoms with Gasteiger partial charge >= 0.3 is 0 Å². The molecule has 3 unspecified atom stereocenters. The van der Waals surface area contributed by atoms with Crippen molar-refractivity contribution in [1.29, 1.82) is 0 Å². The summed E-state index contributed by atoms with van der Waals surface area (Å²) in [7, 11) is 0. The molecule has 3 aliphatic rings. The SMILES string of the molecule is CC(C)CCC[C@@H](C)CCC[C@@H](C)CCC[C@H](C)CC[C@@H]1Cc2cc(O)ccc2C2CC[C@@]3(C)C(CC[C@@H]3C)C21. The molecule has 1 nitrogen and oxygen atoms in total. The van der Waals surface area contributed by atoms with Crippen LogP contribution in [0.25, 0.3) is 0 Å². The third kappa shape index (κ3) is 7.89. The molecule has 2 saturated carbocycles. The molecule has 1 heteroatoms. The summed E-state index contributed by atoms with van der Waals surface area (Å²) in [6, 6.07) is 6.36. The molecule has 40 heavy (non-hydrogen) atoms. The Bertz CT molecular complexity index is 902. The Hall–Kier alpha value is -0.980. The van der Waals surface area contributed by atoms with Crippen molar-refractivity contribution in [2.45, 2.75) is 157 Å². The normalized spacial score (nSPS) is 31.9. The van der Waals surface area contributed by atoms with Gasteiger partial charge in [-0.05, 0) is 120 Å². The van der Waals surface area contributed by atoms with E-state index in [-0.39, 0.29) is 0 Å². The van der Waals surface area contributed by atoms with Gasteiger partial charge in [-0.25, -0.2) is 0 Å². The van der Waals surface area contributed by atoms with Crippen LogP contribution in [-0.4, -0.2) is 5.11 Å². The number of benzene rings is 1. The molecule has 0 heterocycles. The van der Waals surface area contributed by atoms with Gasteiger partial charge in [-0.15, -0.1) is 0 Å². The predicted molar refractivity (Wildman–Crippen MR) is 174 cm³/mol. The minimum Gasteiger partial charge on any atom is -0.508 e. The lowest BCUT2D eigenvalue weighted by Gasteiger charge is -2.53. The van der Waals surface area contributed by atoms with E-state index in [1.165, 1.54) is 108 Å². The summed E-state index contributed by atoms with van der Waals surface area (Å²) in [5.74, 6) is 8.16. The highest BCUT2D eigenvalue weighted by molar-refractivity contribution is 5.40. The van der Waals surface area contributed by atoms with E-state index in [1.807, 2.05) is 6.07 Å². The lowest BCUT2D eigenvalue weighted by Crippen LogP contribution is -2.45. The van der Waals surface area contributed by atoms with Gasteiger partial charge < -0.3 is 5.11 Å². The number of phenolic OH excluding ortho intramolecular Hbond substituents is 1. The van der Waals surface area contributed by atoms with Crippen molar-refractivity contribution in [2.24, 2.45) is 52.8 Å². The summed E-state index contributed by atoms with van der Waals surface area (Å²) in [5.41, 5.74) is 3.62.